The van der Waals surface area contributed by atoms with Crippen LogP contribution in [-0.2, 0) is 21.8 Å². The van der Waals surface area contributed by atoms with Crippen LogP contribution in [0.2, 0.25) is 0 Å². The van der Waals surface area contributed by atoms with Gasteiger partial charge in [0.15, 0.2) is 16.9 Å². The smallest absolute Gasteiger partial charge is 0.416 e. The molecular formula is C71H73F6N21O6. The Labute approximate surface area is 590 Å². The van der Waals surface area contributed by atoms with E-state index in [1.807, 2.05) is 75.2 Å². The maximum Gasteiger partial charge on any atom is 0.416 e. The maximum absolute atomic E-state index is 13.0. The molecule has 540 valence electrons. The van der Waals surface area contributed by atoms with Gasteiger partial charge >= 0.3 is 24.5 Å². The summed E-state index contributed by atoms with van der Waals surface area (Å²) in [5, 5.41) is 24.8. The van der Waals surface area contributed by atoms with Crippen LogP contribution in [0, 0.1) is 0 Å². The van der Waals surface area contributed by atoms with E-state index in [1.54, 1.807) is 63.0 Å². The zero-order chi connectivity index (χ0) is 74.2. The van der Waals surface area contributed by atoms with Gasteiger partial charge < -0.3 is 58.2 Å². The monoisotopic (exact) mass is 1430 g/mol. The summed E-state index contributed by atoms with van der Waals surface area (Å²) in [5.74, 6) is -0.388. The van der Waals surface area contributed by atoms with Crippen molar-refractivity contribution in [2.45, 2.75) is 102 Å². The minimum Gasteiger partial charge on any atom is -0.444 e. The van der Waals surface area contributed by atoms with Gasteiger partial charge in [0.1, 0.15) is 64.7 Å². The first-order valence-corrected chi connectivity index (χ1v) is 33.0. The first-order chi connectivity index (χ1) is 49.3. The summed E-state index contributed by atoms with van der Waals surface area (Å²) < 4.78 is 94.4. The summed E-state index contributed by atoms with van der Waals surface area (Å²) in [6, 6.07) is 29.4. The number of ether oxygens (including phenoxy) is 2. The van der Waals surface area contributed by atoms with Crippen LogP contribution in [0.15, 0.2) is 140 Å². The van der Waals surface area contributed by atoms with Gasteiger partial charge in [-0.25, -0.2) is 53.5 Å². The Kier molecular flexibility index (Phi) is 19.9. The number of rotatable bonds is 10. The molecule has 14 rings (SSSR count). The van der Waals surface area contributed by atoms with E-state index in [4.69, 9.17) is 47.7 Å². The number of nitrogens with zero attached hydrogens (tertiary/aromatic N) is 14. The number of hydrogen-bond donors (Lipinski definition) is 7. The second kappa shape index (κ2) is 28.8. The minimum atomic E-state index is -4.55. The number of amides is 4. The van der Waals surface area contributed by atoms with Gasteiger partial charge in [0.2, 0.25) is 0 Å². The van der Waals surface area contributed by atoms with Crippen LogP contribution in [0.4, 0.5) is 70.4 Å². The molecule has 3 aliphatic heterocycles. The van der Waals surface area contributed by atoms with Gasteiger partial charge in [-0.15, -0.1) is 0 Å². The average molecular weight is 1430 g/mol. The van der Waals surface area contributed by atoms with E-state index < -0.39 is 52.6 Å². The van der Waals surface area contributed by atoms with Crippen molar-refractivity contribution < 1.29 is 55.0 Å². The molecular weight excluding hydrogens is 1360 g/mol. The van der Waals surface area contributed by atoms with Gasteiger partial charge in [-0.2, -0.15) is 41.6 Å². The molecule has 0 unspecified atom stereocenters. The Morgan fingerprint density at radius 3 is 1.16 bits per heavy atom. The third-order valence-electron chi connectivity index (χ3n) is 17.2. The number of alkyl halides is 6. The highest BCUT2D eigenvalue weighted by molar-refractivity contribution is 6.06. The van der Waals surface area contributed by atoms with Crippen LogP contribution in [0.3, 0.4) is 0 Å². The molecule has 3 fully saturated rings. The summed E-state index contributed by atoms with van der Waals surface area (Å²) >= 11 is 0. The van der Waals surface area contributed by atoms with E-state index in [0.29, 0.717) is 117 Å². The Morgan fingerprint density at radius 1 is 0.471 bits per heavy atom. The second-order valence-corrected chi connectivity index (χ2v) is 27.0. The summed E-state index contributed by atoms with van der Waals surface area (Å²) in [6.45, 7) is 14.7. The highest BCUT2D eigenvalue weighted by Crippen LogP contribution is 2.39. The van der Waals surface area contributed by atoms with Crippen LogP contribution in [0.1, 0.15) is 111 Å². The summed E-state index contributed by atoms with van der Waals surface area (Å²) in [4.78, 5) is 79.1. The number of anilines is 6. The Morgan fingerprint density at radius 2 is 0.827 bits per heavy atom. The molecule has 4 amide bonds. The third-order valence-corrected chi connectivity index (χ3v) is 17.2. The lowest BCUT2D eigenvalue weighted by atomic mass is 10.1. The number of halogens is 6. The highest BCUT2D eigenvalue weighted by atomic mass is 19.4. The van der Waals surface area contributed by atoms with Crippen molar-refractivity contribution in [3.8, 4) is 33.8 Å². The lowest BCUT2D eigenvalue weighted by molar-refractivity contribution is -0.138. The standard InChI is InChI=1S/C28H28F3N7O3.C23H20F3N7O.C20H25N7O2/c1-27(2,3)41-26(40)37-12-11-20(14-37)38-24-21(23(32)33-15-34-24)22(36-38)16-7-9-19(10-8-16)35-25(39)17-5-4-6-18(13-17)28(29,30)31;24-23(25,26)15-3-1-2-14(10-15)22(34)31-16-6-4-13(5-7-16)19-18-20(27)29-12-30-21(18)33(32-19)17-8-9-28-11-17;1-20(2,3)29-19(28)26-9-8-14(10-26)27-18-15(17(22)23-11-24-18)16(25-27)12-4-6-13(21)7-5-12/h4-10,13,15,20H,11-12,14H2,1-3H3,(H,35,39)(H2,32,33,34);1-7,10,12,17,28H,8-9,11H2,(H,31,34)(H2,27,29,30);4-7,11,14H,8-10,21H2,1-3H3,(H2,22,23,24)/t20-;17-;14-/m000/s1. The molecule has 0 bridgehead atoms. The molecule has 3 saturated heterocycles. The van der Waals surface area contributed by atoms with E-state index in [1.165, 1.54) is 43.2 Å². The second-order valence-electron chi connectivity index (χ2n) is 27.0. The predicted molar refractivity (Wildman–Crippen MR) is 378 cm³/mol. The number of nitrogen functional groups attached to an aromatic ring is 4. The number of benzene rings is 5. The molecule has 9 heterocycles. The zero-order valence-electron chi connectivity index (χ0n) is 57.2. The van der Waals surface area contributed by atoms with Crippen molar-refractivity contribution in [2.24, 2.45) is 0 Å². The number of hydrogen-bond acceptors (Lipinski definition) is 20. The lowest BCUT2D eigenvalue weighted by Gasteiger charge is -2.24. The summed E-state index contributed by atoms with van der Waals surface area (Å²) in [7, 11) is 0. The molecule has 27 nitrogen and oxygen atoms in total. The normalized spacial score (nSPS) is 16.2. The van der Waals surface area contributed by atoms with E-state index >= 15 is 0 Å². The third kappa shape index (κ3) is 16.0. The zero-order valence-corrected chi connectivity index (χ0v) is 57.2. The van der Waals surface area contributed by atoms with Gasteiger partial charge in [-0.1, -0.05) is 48.5 Å². The van der Waals surface area contributed by atoms with E-state index in [0.717, 1.165) is 61.3 Å². The number of aromatic nitrogens is 12. The first kappa shape index (κ1) is 71.8. The van der Waals surface area contributed by atoms with Crippen molar-refractivity contribution in [2.75, 3.05) is 72.8 Å². The fourth-order valence-electron chi connectivity index (χ4n) is 12.2. The quantitative estimate of drug-likeness (QED) is 0.0494. The number of nitrogens with two attached hydrogens (primary N) is 4. The van der Waals surface area contributed by atoms with Gasteiger partial charge in [0.05, 0.1) is 45.4 Å². The van der Waals surface area contributed by atoms with E-state index in [2.05, 4.69) is 45.9 Å². The Bertz CT molecular complexity index is 5010. The molecule has 11 N–H and O–H groups in total. The number of fused-ring (bicyclic) bond motifs is 3. The first-order valence-electron chi connectivity index (χ1n) is 33.0. The van der Waals surface area contributed by atoms with Crippen molar-refractivity contribution in [3.05, 3.63) is 163 Å². The SMILES string of the molecule is CC(C)(C)OC(=O)N1CC[C@H](n2nc(-c3ccc(N)cc3)c3c(N)ncnc32)C1.CC(C)(C)OC(=O)N1CC[C@H](n2nc(-c3ccc(NC(=O)c4cccc(C(F)(F)F)c4)cc3)c3c(N)ncnc32)C1.Nc1ncnc2c1c(-c1ccc(NC(=O)c3cccc(C(F)(F)F)c3)cc1)nn2[C@H]1CCNC1. The molecule has 11 aromatic rings. The highest BCUT2D eigenvalue weighted by Gasteiger charge is 2.37. The van der Waals surface area contributed by atoms with Crippen LogP contribution < -0.4 is 38.9 Å². The minimum absolute atomic E-state index is 0.0261. The summed E-state index contributed by atoms with van der Waals surface area (Å²) in [6.07, 6.45) is -3.28. The Hall–Kier alpha value is -12.0. The lowest BCUT2D eigenvalue weighted by Crippen LogP contribution is -2.35. The summed E-state index contributed by atoms with van der Waals surface area (Å²) in [5.41, 5.74) is 28.7. The van der Waals surface area contributed by atoms with Gasteiger partial charge in [-0.3, -0.25) is 9.59 Å². The molecule has 0 spiro atoms. The van der Waals surface area contributed by atoms with Crippen LogP contribution in [-0.4, -0.2) is 144 Å². The molecule has 6 aromatic heterocycles. The molecule has 0 radical (unpaired) electrons. The molecule has 33 heteroatoms. The molecule has 5 aromatic carbocycles. The van der Waals surface area contributed by atoms with Gasteiger partial charge in [0.25, 0.3) is 11.8 Å². The average Bonchev–Trinajstić information content (AvgIpc) is 1.62. The fourth-order valence-corrected chi connectivity index (χ4v) is 12.2. The topological polar surface area (TPSA) is 364 Å². The number of carbonyl (C=O) groups excluding carboxylic acids is 4. The van der Waals surface area contributed by atoms with Crippen molar-refractivity contribution in [1.29, 1.82) is 0 Å². The van der Waals surface area contributed by atoms with E-state index in [-0.39, 0.29) is 41.2 Å². The number of nitrogens with one attached hydrogen (secondary N) is 3. The largest absolute Gasteiger partial charge is 0.444 e. The predicted octanol–water partition coefficient (Wildman–Crippen LogP) is 12.2. The molecule has 104 heavy (non-hydrogen) atoms. The Balaban J connectivity index is 0.000000149. The van der Waals surface area contributed by atoms with Crippen LogP contribution >= 0.6 is 0 Å². The molecule has 0 saturated carbocycles. The van der Waals surface area contributed by atoms with Gasteiger partial charge in [0, 0.05) is 77.6 Å². The number of likely N-dealkylation sites (tertiary alicyclic amines) is 2. The maximum atomic E-state index is 13.0. The van der Waals surface area contributed by atoms with E-state index in [9.17, 15) is 45.5 Å². The van der Waals surface area contributed by atoms with Crippen LogP contribution in [0.25, 0.3) is 66.9 Å². The van der Waals surface area contributed by atoms with Crippen molar-refractivity contribution in [1.82, 2.24) is 74.4 Å². The number of carbonyl (C=O) groups is 4. The molecule has 3 aliphatic rings. The van der Waals surface area contributed by atoms with Crippen molar-refractivity contribution in [3.63, 3.8) is 0 Å². The molecule has 0 aliphatic carbocycles. The van der Waals surface area contributed by atoms with Crippen molar-refractivity contribution >= 4 is 91.6 Å². The fraction of sp³-hybridized carbons (Fsp3) is 0.310. The molecule has 3 atom stereocenters. The van der Waals surface area contributed by atoms with Crippen LogP contribution in [0.5, 0.6) is 0 Å². The van der Waals surface area contributed by atoms with Gasteiger partial charge in [-0.05, 0) is 140 Å².